The van der Waals surface area contributed by atoms with Crippen LogP contribution in [-0.4, -0.2) is 16.8 Å². The Morgan fingerprint density at radius 3 is 2.00 bits per heavy atom. The minimum Gasteiger partial charge on any atom is -0.457 e. The van der Waals surface area contributed by atoms with Crippen molar-refractivity contribution < 1.29 is 9.53 Å². The third-order valence-corrected chi connectivity index (χ3v) is 5.81. The van der Waals surface area contributed by atoms with E-state index in [2.05, 4.69) is 16.0 Å². The molecule has 0 radical (unpaired) electrons. The van der Waals surface area contributed by atoms with Crippen LogP contribution in [0.25, 0.3) is 0 Å². The van der Waals surface area contributed by atoms with E-state index in [1.54, 1.807) is 0 Å². The summed E-state index contributed by atoms with van der Waals surface area (Å²) in [5.41, 5.74) is 2.49. The van der Waals surface area contributed by atoms with Crippen molar-refractivity contribution in [3.8, 4) is 11.5 Å². The van der Waals surface area contributed by atoms with Crippen LogP contribution in [-0.2, 0) is 4.79 Å². The van der Waals surface area contributed by atoms with Crippen molar-refractivity contribution >= 4 is 52.1 Å². The Balaban J connectivity index is 1.25. The van der Waals surface area contributed by atoms with Crippen LogP contribution in [0.5, 0.6) is 11.5 Å². The zero-order chi connectivity index (χ0) is 23.6. The molecule has 0 unspecified atom stereocenters. The molecule has 0 bridgehead atoms. The second-order valence-electron chi connectivity index (χ2n) is 7.25. The average Bonchev–Trinajstić information content (AvgIpc) is 2.85. The predicted octanol–water partition coefficient (Wildman–Crippen LogP) is 7.02. The van der Waals surface area contributed by atoms with Crippen molar-refractivity contribution in [2.75, 3.05) is 21.7 Å². The Hall–Kier alpha value is -3.81. The lowest BCUT2D eigenvalue weighted by Gasteiger charge is -2.11. The molecule has 0 aliphatic rings. The van der Waals surface area contributed by atoms with E-state index < -0.39 is 0 Å². The number of rotatable bonds is 8. The molecule has 0 saturated heterocycles. The zero-order valence-corrected chi connectivity index (χ0v) is 19.9. The van der Waals surface area contributed by atoms with Gasteiger partial charge in [0, 0.05) is 22.0 Å². The van der Waals surface area contributed by atoms with Crippen molar-refractivity contribution in [3.05, 3.63) is 109 Å². The topological polar surface area (TPSA) is 62.4 Å². The highest BCUT2D eigenvalue weighted by atomic mass is 32.2. The largest absolute Gasteiger partial charge is 0.457 e. The number of benzene rings is 4. The van der Waals surface area contributed by atoms with Gasteiger partial charge in [-0.1, -0.05) is 42.5 Å². The fourth-order valence-corrected chi connectivity index (χ4v) is 4.05. The van der Waals surface area contributed by atoms with Gasteiger partial charge in [0.25, 0.3) is 0 Å². The summed E-state index contributed by atoms with van der Waals surface area (Å²) in [5, 5.41) is 9.74. The number of anilines is 3. The number of hydrogen-bond acceptors (Lipinski definition) is 4. The molecule has 0 aliphatic carbocycles. The molecule has 0 heterocycles. The summed E-state index contributed by atoms with van der Waals surface area (Å²) in [6, 6.07) is 34.4. The SMILES string of the molecule is O=C(CSc1cccc(NC(=S)Nc2ccccc2)c1)Nc1ccc(Oc2ccccc2)cc1. The molecule has 0 atom stereocenters. The van der Waals surface area contributed by atoms with Crippen molar-refractivity contribution in [2.24, 2.45) is 0 Å². The van der Waals surface area contributed by atoms with Gasteiger partial charge in [-0.2, -0.15) is 0 Å². The third-order valence-electron chi connectivity index (χ3n) is 4.61. The molecule has 5 nitrogen and oxygen atoms in total. The molecule has 4 aromatic carbocycles. The van der Waals surface area contributed by atoms with Gasteiger partial charge in [0.2, 0.25) is 5.91 Å². The van der Waals surface area contributed by atoms with Gasteiger partial charge >= 0.3 is 0 Å². The van der Waals surface area contributed by atoms with Gasteiger partial charge < -0.3 is 20.7 Å². The van der Waals surface area contributed by atoms with E-state index in [1.165, 1.54) is 11.8 Å². The molecular weight excluding hydrogens is 462 g/mol. The van der Waals surface area contributed by atoms with Crippen LogP contribution in [0.1, 0.15) is 0 Å². The molecule has 4 aromatic rings. The molecule has 4 rings (SSSR count). The monoisotopic (exact) mass is 485 g/mol. The van der Waals surface area contributed by atoms with Crippen LogP contribution in [0.3, 0.4) is 0 Å². The van der Waals surface area contributed by atoms with Crippen LogP contribution in [0.4, 0.5) is 17.1 Å². The summed E-state index contributed by atoms with van der Waals surface area (Å²) in [6.07, 6.45) is 0. The average molecular weight is 486 g/mol. The van der Waals surface area contributed by atoms with Gasteiger partial charge in [-0.05, 0) is 78.9 Å². The molecule has 0 aromatic heterocycles. The quantitative estimate of drug-likeness (QED) is 0.184. The standard InChI is InChI=1S/C27H23N3O2S2/c31-26(28-21-14-16-24(17-15-21)32-23-11-5-2-6-12-23)19-34-25-13-7-10-22(18-25)30-27(33)29-20-8-3-1-4-9-20/h1-18H,19H2,(H,28,31)(H2,29,30,33). The maximum Gasteiger partial charge on any atom is 0.234 e. The molecular formula is C27H23N3O2S2. The predicted molar refractivity (Wildman–Crippen MR) is 145 cm³/mol. The first-order valence-corrected chi connectivity index (χ1v) is 12.0. The van der Waals surface area contributed by atoms with E-state index in [9.17, 15) is 4.79 Å². The van der Waals surface area contributed by atoms with Crippen LogP contribution < -0.4 is 20.7 Å². The van der Waals surface area contributed by atoms with Gasteiger partial charge in [-0.15, -0.1) is 11.8 Å². The third kappa shape index (κ3) is 7.37. The molecule has 0 aliphatic heterocycles. The number of thiocarbonyl (C=S) groups is 1. The maximum absolute atomic E-state index is 12.4. The Labute approximate surface area is 208 Å². The van der Waals surface area contributed by atoms with Crippen LogP contribution >= 0.6 is 24.0 Å². The fraction of sp³-hybridized carbons (Fsp3) is 0.0370. The highest BCUT2D eigenvalue weighted by Crippen LogP contribution is 2.24. The smallest absolute Gasteiger partial charge is 0.234 e. The highest BCUT2D eigenvalue weighted by Gasteiger charge is 2.06. The molecule has 3 N–H and O–H groups in total. The first-order chi connectivity index (χ1) is 16.6. The number of para-hydroxylation sites is 2. The van der Waals surface area contributed by atoms with Gasteiger partial charge in [0.15, 0.2) is 5.11 Å². The Bertz CT molecular complexity index is 1230. The van der Waals surface area contributed by atoms with E-state index >= 15 is 0 Å². The second kappa shape index (κ2) is 11.9. The van der Waals surface area contributed by atoms with Gasteiger partial charge in [-0.25, -0.2) is 0 Å². The summed E-state index contributed by atoms with van der Waals surface area (Å²) in [4.78, 5) is 13.4. The number of hydrogen-bond donors (Lipinski definition) is 3. The van der Waals surface area contributed by atoms with Gasteiger partial charge in [0.1, 0.15) is 11.5 Å². The summed E-state index contributed by atoms with van der Waals surface area (Å²) >= 11 is 6.84. The summed E-state index contributed by atoms with van der Waals surface area (Å²) < 4.78 is 5.78. The minimum absolute atomic E-state index is 0.0821. The lowest BCUT2D eigenvalue weighted by Crippen LogP contribution is -2.19. The summed E-state index contributed by atoms with van der Waals surface area (Å²) in [7, 11) is 0. The Kier molecular flexibility index (Phi) is 8.16. The molecule has 0 spiro atoms. The van der Waals surface area contributed by atoms with E-state index in [4.69, 9.17) is 17.0 Å². The number of nitrogens with one attached hydrogen (secondary N) is 3. The summed E-state index contributed by atoms with van der Waals surface area (Å²) in [6.45, 7) is 0. The van der Waals surface area contributed by atoms with E-state index in [0.717, 1.165) is 27.7 Å². The minimum atomic E-state index is -0.0821. The van der Waals surface area contributed by atoms with Crippen molar-refractivity contribution in [3.63, 3.8) is 0 Å². The number of thioether (sulfide) groups is 1. The van der Waals surface area contributed by atoms with Gasteiger partial charge in [0.05, 0.1) is 5.75 Å². The first-order valence-electron chi connectivity index (χ1n) is 10.6. The molecule has 1 amide bonds. The van der Waals surface area contributed by atoms with Crippen LogP contribution in [0.2, 0.25) is 0 Å². The van der Waals surface area contributed by atoms with E-state index in [1.807, 2.05) is 109 Å². The maximum atomic E-state index is 12.4. The van der Waals surface area contributed by atoms with Crippen molar-refractivity contribution in [1.29, 1.82) is 0 Å². The Morgan fingerprint density at radius 1 is 0.676 bits per heavy atom. The van der Waals surface area contributed by atoms with Crippen molar-refractivity contribution in [2.45, 2.75) is 4.90 Å². The van der Waals surface area contributed by atoms with E-state index in [-0.39, 0.29) is 5.91 Å². The lowest BCUT2D eigenvalue weighted by molar-refractivity contribution is -0.113. The highest BCUT2D eigenvalue weighted by molar-refractivity contribution is 8.00. The molecule has 0 saturated carbocycles. The first kappa shape index (κ1) is 23.4. The van der Waals surface area contributed by atoms with Gasteiger partial charge in [-0.3, -0.25) is 4.79 Å². The number of carbonyl (C=O) groups is 1. The van der Waals surface area contributed by atoms with Crippen molar-refractivity contribution in [1.82, 2.24) is 0 Å². The zero-order valence-electron chi connectivity index (χ0n) is 18.2. The lowest BCUT2D eigenvalue weighted by atomic mass is 10.3. The molecule has 170 valence electrons. The number of carbonyl (C=O) groups excluding carboxylic acids is 1. The molecule has 34 heavy (non-hydrogen) atoms. The number of ether oxygens (including phenoxy) is 1. The van der Waals surface area contributed by atoms with Crippen LogP contribution in [0, 0.1) is 0 Å². The number of amides is 1. The normalized spacial score (nSPS) is 10.2. The fourth-order valence-electron chi connectivity index (χ4n) is 3.06. The summed E-state index contributed by atoms with van der Waals surface area (Å²) in [5.74, 6) is 1.69. The second-order valence-corrected chi connectivity index (χ2v) is 8.71. The Morgan fingerprint density at radius 2 is 1.26 bits per heavy atom. The molecule has 7 heteroatoms. The molecule has 0 fully saturated rings. The van der Waals surface area contributed by atoms with Crippen LogP contribution in [0.15, 0.2) is 114 Å². The van der Waals surface area contributed by atoms with E-state index in [0.29, 0.717) is 16.6 Å².